The summed E-state index contributed by atoms with van der Waals surface area (Å²) in [6, 6.07) is 3.38. The molecule has 30 heteroatoms. The highest BCUT2D eigenvalue weighted by molar-refractivity contribution is 6.84. The molecule has 0 aliphatic carbocycles. The zero-order chi connectivity index (χ0) is 67.6. The van der Waals surface area contributed by atoms with E-state index in [1.54, 1.807) is 6.92 Å². The maximum Gasteiger partial charge on any atom is 0.335 e. The van der Waals surface area contributed by atoms with Gasteiger partial charge < -0.3 is 55.5 Å². The fourth-order valence-electron chi connectivity index (χ4n) is 12.9. The van der Waals surface area contributed by atoms with Gasteiger partial charge in [0.05, 0.1) is 19.8 Å². The van der Waals surface area contributed by atoms with Crippen molar-refractivity contribution in [2.45, 2.75) is 248 Å². The number of aliphatic hydroxyl groups excluding tert-OH is 2. The molecule has 8 heterocycles. The summed E-state index contributed by atoms with van der Waals surface area (Å²) in [6.07, 6.45) is -7.10. The van der Waals surface area contributed by atoms with E-state index in [-0.39, 0.29) is 57.5 Å². The second-order valence-corrected chi connectivity index (χ2v) is 43.5. The lowest BCUT2D eigenvalue weighted by Gasteiger charge is -2.51. The van der Waals surface area contributed by atoms with Crippen LogP contribution in [0.5, 0.6) is 0 Å². The number of hydrogen-bond donors (Lipinski definition) is 6. The molecule has 0 unspecified atom stereocenters. The van der Waals surface area contributed by atoms with Crippen molar-refractivity contribution in [3.8, 4) is 35.5 Å². The highest BCUT2D eigenvalue weighted by atomic mass is 28.5. The monoisotopic (exact) mass is 1330 g/mol. The Morgan fingerprint density at radius 1 is 0.511 bits per heavy atom. The summed E-state index contributed by atoms with van der Waals surface area (Å²) >= 11 is 0. The summed E-state index contributed by atoms with van der Waals surface area (Å²) in [5, 5.41) is 30.9. The normalized spacial score (nSPS) is 30.7. The van der Waals surface area contributed by atoms with Gasteiger partial charge in [-0.15, -0.1) is 17.8 Å². The molecule has 0 radical (unpaired) electrons. The van der Waals surface area contributed by atoms with Crippen LogP contribution < -0.4 is 33.7 Å². The number of halogens is 2. The van der Waals surface area contributed by atoms with E-state index in [2.05, 4.69) is 129 Å². The average molecular weight is 1340 g/mol. The molecule has 5 saturated heterocycles. The number of alkyl halides is 2. The molecule has 0 spiro atoms. The number of ether oxygens (including phenoxy) is 3. The van der Waals surface area contributed by atoms with Gasteiger partial charge in [0.25, 0.3) is 16.7 Å². The summed E-state index contributed by atoms with van der Waals surface area (Å²) in [5.41, 5.74) is -10.3. The number of aromatic amines is 3. The standard InChI is InChI=1S/C24H39FN2O6Si2.C24H40N2O7Si2.C12H13FN2O5/c1-10-12-24(25)21-19(31-22(24)27-13-11-20(28)26-23(27)29)14-30-34(15(2)3,16(4)5)33-35(32-21,17(6)7)18(8)9;1-10-12-24(29)21-19(31-22(24)26-13-11-20(27)25-23(26)28)14-30-34(15(2)3,16(4)5)33-35(32-21,17(6)7)18(8)9;1-2-4-12(13)9(18)7(6-16)20-10(12)15-5-3-8(17)14-11(15)19/h11,13,15-19,21-22H,14H2,1-9H3,(H,26,28,29);11,13,15-19,21-22,29H,14H2,1-9H3,(H,25,27,28);3,5,7,9-10,16,18H,6H2,1H3,(H,14,17,19)/t19-,21-,22-,24-;19-,21-,22-,24+;7-,9-,10-,12-/m111/s1. The lowest BCUT2D eigenvalue weighted by Crippen LogP contribution is -2.67. The summed E-state index contributed by atoms with van der Waals surface area (Å²) in [5.74, 6) is 15.4. The number of hydrogen-bond acceptors (Lipinski definition) is 18. The number of fused-ring (bicyclic) bond motifs is 2. The molecular weight excluding hydrogens is 1240 g/mol. The zero-order valence-electron chi connectivity index (χ0n) is 55.0. The highest BCUT2D eigenvalue weighted by Crippen LogP contribution is 2.53. The summed E-state index contributed by atoms with van der Waals surface area (Å²) in [4.78, 5) is 77.7. The largest absolute Gasteiger partial charge is 0.414 e. The molecule has 5 fully saturated rings. The third-order valence-electron chi connectivity index (χ3n) is 17.4. The van der Waals surface area contributed by atoms with Crippen LogP contribution in [0.4, 0.5) is 8.78 Å². The number of H-pyrrole nitrogens is 3. The smallest absolute Gasteiger partial charge is 0.335 e. The maximum absolute atomic E-state index is 17.0. The van der Waals surface area contributed by atoms with E-state index in [0.29, 0.717) is 0 Å². The van der Waals surface area contributed by atoms with Crippen molar-refractivity contribution in [1.29, 1.82) is 0 Å². The van der Waals surface area contributed by atoms with Gasteiger partial charge in [-0.2, -0.15) is 0 Å². The van der Waals surface area contributed by atoms with Crippen molar-refractivity contribution in [1.82, 2.24) is 28.7 Å². The Morgan fingerprint density at radius 2 is 0.833 bits per heavy atom. The lowest BCUT2D eigenvalue weighted by molar-refractivity contribution is -0.0751. The molecule has 500 valence electrons. The van der Waals surface area contributed by atoms with Crippen molar-refractivity contribution in [3.63, 3.8) is 0 Å². The van der Waals surface area contributed by atoms with Crippen molar-refractivity contribution in [2.75, 3.05) is 19.8 Å². The number of nitrogens with zero attached hydrogens (tertiary/aromatic N) is 3. The molecule has 8 rings (SSSR count). The van der Waals surface area contributed by atoms with Gasteiger partial charge in [0.15, 0.2) is 24.3 Å². The number of aromatic nitrogens is 6. The van der Waals surface area contributed by atoms with Crippen molar-refractivity contribution in [3.05, 3.63) is 99.3 Å². The van der Waals surface area contributed by atoms with Gasteiger partial charge in [-0.05, 0) is 65.1 Å². The Hall–Kier alpha value is -5.03. The van der Waals surface area contributed by atoms with Crippen LogP contribution >= 0.6 is 0 Å². The fraction of sp³-hybridized carbons (Fsp3) is 0.700. The first-order valence-corrected chi connectivity index (χ1v) is 38.5. The molecule has 3 aromatic rings. The summed E-state index contributed by atoms with van der Waals surface area (Å²) in [6.45, 7) is 37.5. The SMILES string of the molecule is CC#C[C@@]1(F)[C@@H]2O[Si](C(C)C)(C(C)C)O[Si](C(C)C)(C(C)C)OC[C@H]2O[C@H]1n1ccc(=O)[nH]c1=O.CC#C[C@@]1(F)[C@H](O)[C@@H](CO)O[C@H]1n1ccc(=O)[nH]c1=O.CC#C[C@]1(O)[C@@H]2O[Si](C(C)C)(C(C)C)O[Si](C(C)C)(C(C)C)OC[C@H]2O[C@H]1n1ccc(=O)[nH]c1=O. The van der Waals surface area contributed by atoms with Crippen LogP contribution in [-0.2, 0) is 40.1 Å². The Morgan fingerprint density at radius 3 is 1.18 bits per heavy atom. The highest BCUT2D eigenvalue weighted by Gasteiger charge is 2.68. The zero-order valence-corrected chi connectivity index (χ0v) is 59.0. The van der Waals surface area contributed by atoms with E-state index in [0.717, 1.165) is 32.0 Å². The van der Waals surface area contributed by atoms with Gasteiger partial charge in [0.2, 0.25) is 11.3 Å². The van der Waals surface area contributed by atoms with E-state index in [9.17, 15) is 43.4 Å². The van der Waals surface area contributed by atoms with Crippen LogP contribution in [0.3, 0.4) is 0 Å². The summed E-state index contributed by atoms with van der Waals surface area (Å²) < 4.78 is 94.0. The molecular formula is C60H92F2N6O18Si4. The van der Waals surface area contributed by atoms with Crippen LogP contribution in [-0.4, -0.2) is 152 Å². The Bertz CT molecular complexity index is 3370. The molecule has 3 aromatic heterocycles. The van der Waals surface area contributed by atoms with Gasteiger partial charge in [0, 0.05) is 36.8 Å². The first-order valence-electron chi connectivity index (χ1n) is 30.6. The van der Waals surface area contributed by atoms with Gasteiger partial charge in [0.1, 0.15) is 36.6 Å². The molecule has 24 nitrogen and oxygen atoms in total. The first-order chi connectivity index (χ1) is 41.9. The van der Waals surface area contributed by atoms with Crippen LogP contribution in [0.2, 0.25) is 44.3 Å². The Balaban J connectivity index is 0.000000223. The van der Waals surface area contributed by atoms with Crippen LogP contribution in [0, 0.1) is 35.5 Å². The molecule has 6 N–H and O–H groups in total. The fourth-order valence-corrected chi connectivity index (χ4v) is 35.3. The van der Waals surface area contributed by atoms with Crippen LogP contribution in [0.25, 0.3) is 0 Å². The lowest BCUT2D eigenvalue weighted by atomic mass is 9.94. The molecule has 12 atom stereocenters. The Labute approximate surface area is 527 Å². The first kappa shape index (κ1) is 74.0. The molecule has 90 heavy (non-hydrogen) atoms. The van der Waals surface area contributed by atoms with Gasteiger partial charge in [-0.3, -0.25) is 43.0 Å². The molecule has 0 amide bonds. The molecule has 0 bridgehead atoms. The Kier molecular flexibility index (Phi) is 23.6. The number of rotatable bonds is 12. The third-order valence-corrected chi connectivity index (χ3v) is 37.9. The minimum absolute atomic E-state index is 0.0112. The minimum atomic E-state index is -3.13. The van der Waals surface area contributed by atoms with Crippen molar-refractivity contribution < 1.29 is 64.2 Å². The van der Waals surface area contributed by atoms with Gasteiger partial charge in [-0.25, -0.2) is 23.2 Å². The van der Waals surface area contributed by atoms with Crippen molar-refractivity contribution in [2.24, 2.45) is 0 Å². The number of nitrogens with one attached hydrogen (secondary N) is 3. The quantitative estimate of drug-likeness (QED) is 0.0924. The second-order valence-electron chi connectivity index (χ2n) is 25.8. The predicted octanol–water partition coefficient (Wildman–Crippen LogP) is 5.79. The molecule has 5 aliphatic heterocycles. The predicted molar refractivity (Wildman–Crippen MR) is 339 cm³/mol. The third kappa shape index (κ3) is 13.7. The molecule has 0 saturated carbocycles. The van der Waals surface area contributed by atoms with E-state index in [4.69, 9.17) is 45.3 Å². The topological polar surface area (TPSA) is 308 Å². The van der Waals surface area contributed by atoms with E-state index in [1.807, 2.05) is 32.7 Å². The molecule has 5 aliphatic rings. The maximum atomic E-state index is 17.0. The van der Waals surface area contributed by atoms with Crippen LogP contribution in [0.1, 0.15) is 150 Å². The molecule has 0 aromatic carbocycles. The van der Waals surface area contributed by atoms with E-state index < -0.39 is 147 Å². The van der Waals surface area contributed by atoms with Crippen LogP contribution in [0.15, 0.2) is 65.6 Å². The van der Waals surface area contributed by atoms with E-state index in [1.165, 1.54) is 32.3 Å². The van der Waals surface area contributed by atoms with E-state index >= 15 is 4.39 Å². The van der Waals surface area contributed by atoms with Gasteiger partial charge in [-0.1, -0.05) is 129 Å². The van der Waals surface area contributed by atoms with Crippen molar-refractivity contribution >= 4 is 34.2 Å². The average Bonchev–Trinajstić information content (AvgIpc) is 1.48. The second kappa shape index (κ2) is 28.7. The minimum Gasteiger partial charge on any atom is -0.414 e. The number of aliphatic hydroxyl groups is 3. The summed E-state index contributed by atoms with van der Waals surface area (Å²) in [7, 11) is -11.8. The van der Waals surface area contributed by atoms with Gasteiger partial charge >= 0.3 is 51.3 Å².